The fourth-order valence-electron chi connectivity index (χ4n) is 4.64. The first-order chi connectivity index (χ1) is 17.7. The first-order valence-electron chi connectivity index (χ1n) is 12.1. The smallest absolute Gasteiger partial charge is 0.272 e. The van der Waals surface area contributed by atoms with E-state index in [2.05, 4.69) is 37.2 Å². The predicted octanol–water partition coefficient (Wildman–Crippen LogP) is 2.97. The van der Waals surface area contributed by atoms with Crippen molar-refractivity contribution in [1.29, 1.82) is 0 Å². The Morgan fingerprint density at radius 3 is 2.89 bits per heavy atom. The zero-order valence-corrected chi connectivity index (χ0v) is 20.3. The summed E-state index contributed by atoms with van der Waals surface area (Å²) in [5.74, 6) is 4.56. The SMILES string of the molecule is CC(C)(O)C#Cc1cc(C(=O)N[C@@H](c2ncn3c2C[C@@H](F)C3)c2[nH]c3ncccc3c2F)nn1C1CC1. The van der Waals surface area contributed by atoms with Crippen LogP contribution < -0.4 is 5.32 Å². The lowest BCUT2D eigenvalue weighted by atomic mass is 10.1. The third-order valence-electron chi connectivity index (χ3n) is 6.52. The molecule has 0 bridgehead atoms. The maximum Gasteiger partial charge on any atom is 0.272 e. The lowest BCUT2D eigenvalue weighted by molar-refractivity contribution is 0.0935. The van der Waals surface area contributed by atoms with Crippen LogP contribution in [0.3, 0.4) is 0 Å². The molecule has 1 amide bonds. The highest BCUT2D eigenvalue weighted by atomic mass is 19.1. The van der Waals surface area contributed by atoms with Crippen LogP contribution in [0.2, 0.25) is 0 Å². The topological polar surface area (TPSA) is 114 Å². The molecule has 5 heterocycles. The number of nitrogens with one attached hydrogen (secondary N) is 2. The summed E-state index contributed by atoms with van der Waals surface area (Å²) in [6.45, 7) is 3.31. The van der Waals surface area contributed by atoms with Crippen LogP contribution in [-0.4, -0.2) is 52.1 Å². The van der Waals surface area contributed by atoms with Gasteiger partial charge in [-0.25, -0.2) is 18.7 Å². The molecule has 0 spiro atoms. The highest BCUT2D eigenvalue weighted by Crippen LogP contribution is 2.36. The normalized spacial score (nSPS) is 17.9. The van der Waals surface area contributed by atoms with E-state index in [0.717, 1.165) is 12.8 Å². The molecule has 1 aliphatic carbocycles. The van der Waals surface area contributed by atoms with Gasteiger partial charge in [0.05, 0.1) is 35.7 Å². The number of rotatable bonds is 5. The van der Waals surface area contributed by atoms with Crippen molar-refractivity contribution in [3.05, 3.63) is 65.0 Å². The minimum Gasteiger partial charge on any atom is -0.378 e. The second kappa shape index (κ2) is 8.52. The van der Waals surface area contributed by atoms with Gasteiger partial charge in [-0.15, -0.1) is 0 Å². The minimum absolute atomic E-state index is 0.0783. The van der Waals surface area contributed by atoms with Crippen LogP contribution in [0.4, 0.5) is 8.78 Å². The van der Waals surface area contributed by atoms with E-state index in [-0.39, 0.29) is 35.8 Å². The van der Waals surface area contributed by atoms with Gasteiger partial charge < -0.3 is 20.0 Å². The molecule has 190 valence electrons. The van der Waals surface area contributed by atoms with E-state index in [1.165, 1.54) is 6.33 Å². The fraction of sp³-hybridized carbons (Fsp3) is 0.385. The summed E-state index contributed by atoms with van der Waals surface area (Å²) in [5.41, 5.74) is 0.779. The Labute approximate surface area is 210 Å². The molecule has 1 fully saturated rings. The second-order valence-corrected chi connectivity index (χ2v) is 10.1. The van der Waals surface area contributed by atoms with Gasteiger partial charge in [-0.05, 0) is 44.7 Å². The van der Waals surface area contributed by atoms with Crippen molar-refractivity contribution in [1.82, 2.24) is 34.6 Å². The number of aliphatic hydroxyl groups is 1. The number of fused-ring (bicyclic) bond motifs is 2. The highest BCUT2D eigenvalue weighted by Gasteiger charge is 2.34. The Hall–Kier alpha value is -4.04. The average molecular weight is 506 g/mol. The molecule has 3 N–H and O–H groups in total. The maximum atomic E-state index is 15.6. The first kappa shape index (κ1) is 23.4. The molecule has 0 saturated heterocycles. The van der Waals surface area contributed by atoms with Gasteiger partial charge >= 0.3 is 0 Å². The molecule has 9 nitrogen and oxygen atoms in total. The van der Waals surface area contributed by atoms with E-state index in [1.54, 1.807) is 47.5 Å². The quantitative estimate of drug-likeness (QED) is 0.361. The second-order valence-electron chi connectivity index (χ2n) is 10.1. The number of aromatic amines is 1. The number of nitrogens with zero attached hydrogens (tertiary/aromatic N) is 5. The Balaban J connectivity index is 1.40. The summed E-state index contributed by atoms with van der Waals surface area (Å²) in [5, 5.41) is 17.6. The number of aromatic nitrogens is 6. The Morgan fingerprint density at radius 1 is 1.35 bits per heavy atom. The van der Waals surface area contributed by atoms with Crippen LogP contribution in [0.25, 0.3) is 11.0 Å². The van der Waals surface area contributed by atoms with Crippen molar-refractivity contribution >= 4 is 16.9 Å². The zero-order chi connectivity index (χ0) is 25.9. The number of halogens is 2. The van der Waals surface area contributed by atoms with Gasteiger partial charge in [-0.3, -0.25) is 9.48 Å². The van der Waals surface area contributed by atoms with Crippen LogP contribution in [0.5, 0.6) is 0 Å². The van der Waals surface area contributed by atoms with Crippen molar-refractivity contribution in [3.8, 4) is 11.8 Å². The van der Waals surface area contributed by atoms with Crippen molar-refractivity contribution < 1.29 is 18.7 Å². The number of carbonyl (C=O) groups excluding carboxylic acids is 1. The van der Waals surface area contributed by atoms with Gasteiger partial charge in [0.1, 0.15) is 29.2 Å². The van der Waals surface area contributed by atoms with Crippen molar-refractivity contribution in [2.45, 2.75) is 63.5 Å². The molecule has 6 rings (SSSR count). The number of imidazole rings is 1. The summed E-state index contributed by atoms with van der Waals surface area (Å²) >= 11 is 0. The molecule has 2 aliphatic rings. The third-order valence-corrected chi connectivity index (χ3v) is 6.52. The van der Waals surface area contributed by atoms with E-state index in [9.17, 15) is 14.3 Å². The molecular formula is C26H25F2N7O2. The number of hydrogen-bond donors (Lipinski definition) is 3. The van der Waals surface area contributed by atoms with Crippen LogP contribution >= 0.6 is 0 Å². The number of amides is 1. The van der Waals surface area contributed by atoms with Gasteiger partial charge in [0.2, 0.25) is 0 Å². The first-order valence-corrected chi connectivity index (χ1v) is 12.1. The minimum atomic E-state index is -1.21. The summed E-state index contributed by atoms with van der Waals surface area (Å²) in [7, 11) is 0. The number of alkyl halides is 1. The van der Waals surface area contributed by atoms with E-state index in [0.29, 0.717) is 22.7 Å². The van der Waals surface area contributed by atoms with Crippen molar-refractivity contribution in [3.63, 3.8) is 0 Å². The molecule has 11 heteroatoms. The molecule has 4 aromatic heterocycles. The van der Waals surface area contributed by atoms with E-state index >= 15 is 4.39 Å². The Morgan fingerprint density at radius 2 is 2.16 bits per heavy atom. The van der Waals surface area contributed by atoms with Gasteiger partial charge in [-0.2, -0.15) is 5.10 Å². The van der Waals surface area contributed by atoms with Crippen LogP contribution in [0.1, 0.15) is 72.0 Å². The van der Waals surface area contributed by atoms with Crippen molar-refractivity contribution in [2.24, 2.45) is 0 Å². The number of hydrogen-bond acceptors (Lipinski definition) is 5. The largest absolute Gasteiger partial charge is 0.378 e. The maximum absolute atomic E-state index is 15.6. The zero-order valence-electron chi connectivity index (χ0n) is 20.3. The Bertz CT molecular complexity index is 1580. The monoisotopic (exact) mass is 505 g/mol. The van der Waals surface area contributed by atoms with E-state index in [1.807, 2.05) is 0 Å². The number of H-pyrrole nitrogens is 1. The number of carbonyl (C=O) groups is 1. The van der Waals surface area contributed by atoms with Crippen LogP contribution in [0.15, 0.2) is 30.7 Å². The molecule has 1 saturated carbocycles. The predicted molar refractivity (Wildman–Crippen MR) is 130 cm³/mol. The molecule has 37 heavy (non-hydrogen) atoms. The summed E-state index contributed by atoms with van der Waals surface area (Å²) in [4.78, 5) is 25.1. The van der Waals surface area contributed by atoms with Gasteiger partial charge in [0.25, 0.3) is 5.91 Å². The Kier molecular flexibility index (Phi) is 5.38. The lowest BCUT2D eigenvalue weighted by Crippen LogP contribution is -2.31. The standard InChI is InChI=1S/C26H25F2N7O2/c1-26(2,37)8-7-16-11-18(33-35(16)15-5-6-15)25(36)32-23(21-19-10-14(27)12-34(19)13-30-21)22-20(28)17-4-3-9-29-24(17)31-22/h3-4,9,11,13-15,23,37H,5-6,10,12H2,1-2H3,(H,29,31)(H,32,36)/t14-,23+/m1/s1. The third kappa shape index (κ3) is 4.38. The van der Waals surface area contributed by atoms with Crippen LogP contribution in [0, 0.1) is 17.7 Å². The molecule has 2 atom stereocenters. The number of pyridine rings is 1. The van der Waals surface area contributed by atoms with Gasteiger partial charge in [0, 0.05) is 24.4 Å². The molecule has 0 unspecified atom stereocenters. The van der Waals surface area contributed by atoms with E-state index in [4.69, 9.17) is 0 Å². The highest BCUT2D eigenvalue weighted by molar-refractivity contribution is 5.93. The van der Waals surface area contributed by atoms with Crippen molar-refractivity contribution in [2.75, 3.05) is 0 Å². The summed E-state index contributed by atoms with van der Waals surface area (Å²) in [6.07, 6.45) is 3.93. The van der Waals surface area contributed by atoms with Crippen LogP contribution in [-0.2, 0) is 13.0 Å². The lowest BCUT2D eigenvalue weighted by Gasteiger charge is -2.17. The van der Waals surface area contributed by atoms with Gasteiger partial charge in [-0.1, -0.05) is 5.92 Å². The molecule has 0 radical (unpaired) electrons. The molecule has 1 aliphatic heterocycles. The molecule has 0 aromatic carbocycles. The summed E-state index contributed by atoms with van der Waals surface area (Å²) in [6, 6.07) is 3.89. The van der Waals surface area contributed by atoms with E-state index < -0.39 is 29.5 Å². The molecular weight excluding hydrogens is 480 g/mol. The van der Waals surface area contributed by atoms with Gasteiger partial charge in [0.15, 0.2) is 11.5 Å². The summed E-state index contributed by atoms with van der Waals surface area (Å²) < 4.78 is 33.1. The average Bonchev–Trinajstić information content (AvgIpc) is 3.16. The molecule has 4 aromatic rings. The fourth-order valence-corrected chi connectivity index (χ4v) is 4.64.